The molecular weight excluding hydrogens is 325 g/mol. The van der Waals surface area contributed by atoms with Crippen LogP contribution in [0, 0.1) is 0 Å². The summed E-state index contributed by atoms with van der Waals surface area (Å²) in [5, 5.41) is 5.86. The maximum absolute atomic E-state index is 6.10. The quantitative estimate of drug-likeness (QED) is 0.837. The van der Waals surface area contributed by atoms with Crippen molar-refractivity contribution in [1.82, 2.24) is 5.06 Å². The number of nitrogens with zero attached hydrogens (tertiary/aromatic N) is 2. The first-order valence-electron chi connectivity index (χ1n) is 5.87. The Hall–Kier alpha value is -0.720. The van der Waals surface area contributed by atoms with Gasteiger partial charge in [0.2, 0.25) is 5.96 Å². The highest BCUT2D eigenvalue weighted by molar-refractivity contribution is 6.39. The highest BCUT2D eigenvalue weighted by Crippen LogP contribution is 2.30. The second-order valence-electron chi connectivity index (χ2n) is 3.86. The fourth-order valence-corrected chi connectivity index (χ4v) is 2.11. The second-order valence-corrected chi connectivity index (χ2v) is 4.67. The van der Waals surface area contributed by atoms with E-state index in [2.05, 4.69) is 10.3 Å². The number of hydroxylamine groups is 2. The lowest BCUT2D eigenvalue weighted by molar-refractivity contribution is -0.105. The van der Waals surface area contributed by atoms with Gasteiger partial charge in [0.1, 0.15) is 0 Å². The topological polar surface area (TPSA) is 46.1 Å². The van der Waals surface area contributed by atoms with Crippen LogP contribution in [0.15, 0.2) is 23.2 Å². The van der Waals surface area contributed by atoms with Crippen molar-refractivity contribution in [3.8, 4) is 0 Å². The summed E-state index contributed by atoms with van der Waals surface area (Å²) in [6.07, 6.45) is 0. The summed E-state index contributed by atoms with van der Waals surface area (Å²) in [6.45, 7) is 2.34. The molecule has 0 unspecified atom stereocenters. The van der Waals surface area contributed by atoms with E-state index < -0.39 is 0 Å². The number of nitrogens with one attached hydrogen (secondary N) is 1. The SMILES string of the molecule is COCCON1CCN=C1Nc1c(Cl)cccc1Cl.Cl. The average molecular weight is 341 g/mol. The standard InChI is InChI=1S/C12H15Cl2N3O2.ClH/c1-18-7-8-19-17-6-5-15-12(17)16-11-9(13)3-2-4-10(11)14;/h2-4H,5-8H2,1H3,(H,15,16);1H. The summed E-state index contributed by atoms with van der Waals surface area (Å²) >= 11 is 12.2. The van der Waals surface area contributed by atoms with Crippen LogP contribution in [0.3, 0.4) is 0 Å². The van der Waals surface area contributed by atoms with Crippen LogP contribution >= 0.6 is 35.6 Å². The molecule has 0 radical (unpaired) electrons. The maximum Gasteiger partial charge on any atom is 0.223 e. The predicted octanol–water partition coefficient (Wildman–Crippen LogP) is 3.08. The Morgan fingerprint density at radius 2 is 2.00 bits per heavy atom. The number of hydrogen-bond donors (Lipinski definition) is 1. The molecule has 0 bridgehead atoms. The van der Waals surface area contributed by atoms with Crippen LogP contribution < -0.4 is 5.32 Å². The van der Waals surface area contributed by atoms with E-state index in [4.69, 9.17) is 32.8 Å². The monoisotopic (exact) mass is 339 g/mol. The van der Waals surface area contributed by atoms with E-state index in [1.807, 2.05) is 0 Å². The van der Waals surface area contributed by atoms with E-state index >= 15 is 0 Å². The molecule has 0 amide bonds. The van der Waals surface area contributed by atoms with E-state index in [1.165, 1.54) is 0 Å². The number of aliphatic imine (C=N–C) groups is 1. The smallest absolute Gasteiger partial charge is 0.223 e. The van der Waals surface area contributed by atoms with Gasteiger partial charge in [-0.3, -0.25) is 4.84 Å². The molecule has 1 aliphatic rings. The molecule has 0 aliphatic carbocycles. The molecule has 112 valence electrons. The third kappa shape index (κ3) is 4.40. The van der Waals surface area contributed by atoms with E-state index in [9.17, 15) is 0 Å². The molecule has 0 saturated heterocycles. The molecule has 8 heteroatoms. The van der Waals surface area contributed by atoms with Gasteiger partial charge in [-0.2, -0.15) is 0 Å². The molecule has 0 atom stereocenters. The maximum atomic E-state index is 6.10. The summed E-state index contributed by atoms with van der Waals surface area (Å²) in [6, 6.07) is 5.32. The van der Waals surface area contributed by atoms with Crippen molar-refractivity contribution in [3.63, 3.8) is 0 Å². The number of ether oxygens (including phenoxy) is 1. The van der Waals surface area contributed by atoms with Crippen molar-refractivity contribution < 1.29 is 9.57 Å². The Morgan fingerprint density at radius 1 is 1.30 bits per heavy atom. The summed E-state index contributed by atoms with van der Waals surface area (Å²) in [4.78, 5) is 9.86. The molecule has 0 aromatic heterocycles. The molecule has 1 aromatic carbocycles. The zero-order chi connectivity index (χ0) is 13.7. The van der Waals surface area contributed by atoms with Crippen LogP contribution in [-0.4, -0.2) is 44.4 Å². The molecule has 0 fully saturated rings. The van der Waals surface area contributed by atoms with Gasteiger partial charge in [0, 0.05) is 7.11 Å². The van der Waals surface area contributed by atoms with Crippen molar-refractivity contribution >= 4 is 47.3 Å². The van der Waals surface area contributed by atoms with Crippen molar-refractivity contribution in [1.29, 1.82) is 0 Å². The van der Waals surface area contributed by atoms with Crippen molar-refractivity contribution in [2.45, 2.75) is 0 Å². The average Bonchev–Trinajstić information content (AvgIpc) is 2.82. The van der Waals surface area contributed by atoms with Gasteiger partial charge in [0.15, 0.2) is 0 Å². The van der Waals surface area contributed by atoms with Crippen LogP contribution in [0.4, 0.5) is 5.69 Å². The second kappa shape index (κ2) is 8.54. The lowest BCUT2D eigenvalue weighted by Gasteiger charge is -2.21. The molecule has 1 aliphatic heterocycles. The Kier molecular flexibility index (Phi) is 7.40. The van der Waals surface area contributed by atoms with Gasteiger partial charge in [-0.15, -0.1) is 12.4 Å². The predicted molar refractivity (Wildman–Crippen MR) is 84.2 cm³/mol. The molecule has 1 aromatic rings. The first kappa shape index (κ1) is 17.3. The number of guanidine groups is 1. The lowest BCUT2D eigenvalue weighted by atomic mass is 10.3. The van der Waals surface area contributed by atoms with Crippen LogP contribution in [0.5, 0.6) is 0 Å². The fourth-order valence-electron chi connectivity index (χ4n) is 1.62. The highest BCUT2D eigenvalue weighted by atomic mass is 35.5. The highest BCUT2D eigenvalue weighted by Gasteiger charge is 2.19. The van der Waals surface area contributed by atoms with Crippen molar-refractivity contribution in [2.24, 2.45) is 4.99 Å². The first-order valence-corrected chi connectivity index (χ1v) is 6.63. The zero-order valence-electron chi connectivity index (χ0n) is 10.9. The van der Waals surface area contributed by atoms with Crippen molar-refractivity contribution in [3.05, 3.63) is 28.2 Å². The molecule has 5 nitrogen and oxygen atoms in total. The van der Waals surface area contributed by atoms with Gasteiger partial charge in [0.25, 0.3) is 0 Å². The van der Waals surface area contributed by atoms with E-state index in [-0.39, 0.29) is 12.4 Å². The van der Waals surface area contributed by atoms with E-state index in [1.54, 1.807) is 30.4 Å². The molecule has 0 saturated carbocycles. The number of benzene rings is 1. The van der Waals surface area contributed by atoms with Gasteiger partial charge >= 0.3 is 0 Å². The minimum atomic E-state index is 0. The summed E-state index contributed by atoms with van der Waals surface area (Å²) in [7, 11) is 1.63. The largest absolute Gasteiger partial charge is 0.382 e. The van der Waals surface area contributed by atoms with E-state index in [0.29, 0.717) is 48.0 Å². The van der Waals surface area contributed by atoms with Crippen LogP contribution in [0.1, 0.15) is 0 Å². The summed E-state index contributed by atoms with van der Waals surface area (Å²) in [5.74, 6) is 0.603. The first-order chi connectivity index (χ1) is 9.22. The molecule has 20 heavy (non-hydrogen) atoms. The number of methoxy groups -OCH3 is 1. The molecule has 2 rings (SSSR count). The van der Waals surface area contributed by atoms with Crippen LogP contribution in [-0.2, 0) is 9.57 Å². The minimum absolute atomic E-state index is 0. The third-order valence-corrected chi connectivity index (χ3v) is 3.16. The number of para-hydroxylation sites is 1. The van der Waals surface area contributed by atoms with Crippen LogP contribution in [0.25, 0.3) is 0 Å². The van der Waals surface area contributed by atoms with Crippen molar-refractivity contribution in [2.75, 3.05) is 38.7 Å². The number of halogens is 3. The lowest BCUT2D eigenvalue weighted by Crippen LogP contribution is -2.34. The summed E-state index contributed by atoms with van der Waals surface area (Å²) in [5.41, 5.74) is 0.631. The van der Waals surface area contributed by atoms with Crippen LogP contribution in [0.2, 0.25) is 10.0 Å². The number of anilines is 1. The van der Waals surface area contributed by atoms with Gasteiger partial charge in [-0.25, -0.2) is 10.1 Å². The molecular formula is C12H16Cl3N3O2. The van der Waals surface area contributed by atoms with Gasteiger partial charge in [0.05, 0.1) is 42.0 Å². The Bertz CT molecular complexity index is 451. The molecule has 0 spiro atoms. The zero-order valence-corrected chi connectivity index (χ0v) is 13.3. The van der Waals surface area contributed by atoms with Gasteiger partial charge < -0.3 is 10.1 Å². The van der Waals surface area contributed by atoms with Gasteiger partial charge in [-0.1, -0.05) is 29.3 Å². The summed E-state index contributed by atoms with van der Waals surface area (Å²) < 4.78 is 4.94. The fraction of sp³-hybridized carbons (Fsp3) is 0.417. The number of rotatable bonds is 5. The molecule has 1 heterocycles. The normalized spacial score (nSPS) is 13.9. The Morgan fingerprint density at radius 3 is 2.65 bits per heavy atom. The third-order valence-electron chi connectivity index (χ3n) is 2.54. The van der Waals surface area contributed by atoms with E-state index in [0.717, 1.165) is 0 Å². The Balaban J connectivity index is 0.00000200. The Labute approximate surface area is 134 Å². The van der Waals surface area contributed by atoms with Gasteiger partial charge in [-0.05, 0) is 12.1 Å². The minimum Gasteiger partial charge on any atom is -0.382 e. The number of hydrogen-bond acceptors (Lipinski definition) is 5. The molecule has 1 N–H and O–H groups in total.